The average molecular weight is 432 g/mol. The Balaban J connectivity index is 1.87. The Kier molecular flexibility index (Phi) is 5.45. The van der Waals surface area contributed by atoms with E-state index in [4.69, 9.17) is 21.5 Å². The normalized spacial score (nSPS) is 23.7. The van der Waals surface area contributed by atoms with Crippen LogP contribution < -0.4 is 11.5 Å². The van der Waals surface area contributed by atoms with Gasteiger partial charge in [-0.25, -0.2) is 4.98 Å². The van der Waals surface area contributed by atoms with Gasteiger partial charge in [0.15, 0.2) is 5.78 Å². The fourth-order valence-electron chi connectivity index (χ4n) is 3.02. The molecule has 0 bridgehead atoms. The molecule has 2 aromatic rings. The number of pyridine rings is 2. The maximum Gasteiger partial charge on any atom is 0.424 e. The second-order valence-electron chi connectivity index (χ2n) is 7.48. The zero-order valence-electron chi connectivity index (χ0n) is 16.7. The van der Waals surface area contributed by atoms with E-state index in [1.165, 1.54) is 12.3 Å². The van der Waals surface area contributed by atoms with Crippen molar-refractivity contribution in [3.8, 4) is 6.07 Å². The van der Waals surface area contributed by atoms with Crippen molar-refractivity contribution in [1.82, 2.24) is 9.97 Å². The SMILES string of the molecule is C[C@@]1(c2cccc(CC(=O)c3ncc(C#N)cc3N)n2)CO[C@@](C)(C(F)(F)F)C(N)=N1. The van der Waals surface area contributed by atoms with Crippen LogP contribution in [0.5, 0.6) is 0 Å². The Hall–Kier alpha value is -3.52. The van der Waals surface area contributed by atoms with Crippen molar-refractivity contribution in [2.75, 3.05) is 12.3 Å². The Bertz CT molecular complexity index is 1110. The zero-order chi connectivity index (χ0) is 23.0. The first-order chi connectivity index (χ1) is 14.4. The number of nitrogens with two attached hydrogens (primary N) is 2. The van der Waals surface area contributed by atoms with Gasteiger partial charge in [0.05, 0.1) is 30.0 Å². The third-order valence-corrected chi connectivity index (χ3v) is 5.05. The predicted molar refractivity (Wildman–Crippen MR) is 105 cm³/mol. The van der Waals surface area contributed by atoms with Gasteiger partial charge in [-0.2, -0.15) is 18.4 Å². The summed E-state index contributed by atoms with van der Waals surface area (Å²) in [7, 11) is 0. The van der Waals surface area contributed by atoms with E-state index in [0.717, 1.165) is 6.92 Å². The molecule has 31 heavy (non-hydrogen) atoms. The number of carbonyl (C=O) groups excluding carboxylic acids is 1. The topological polar surface area (TPSA) is 140 Å². The fraction of sp³-hybridized carbons (Fsp3) is 0.350. The van der Waals surface area contributed by atoms with Crippen LogP contribution in [0.15, 0.2) is 35.5 Å². The van der Waals surface area contributed by atoms with Crippen molar-refractivity contribution in [1.29, 1.82) is 5.26 Å². The molecule has 0 spiro atoms. The van der Waals surface area contributed by atoms with Crippen LogP contribution in [0.4, 0.5) is 18.9 Å². The molecular weight excluding hydrogens is 413 g/mol. The van der Waals surface area contributed by atoms with Gasteiger partial charge in [-0.3, -0.25) is 14.8 Å². The summed E-state index contributed by atoms with van der Waals surface area (Å²) in [6.45, 7) is 1.96. The predicted octanol–water partition coefficient (Wildman–Crippen LogP) is 2.28. The molecule has 0 radical (unpaired) electrons. The van der Waals surface area contributed by atoms with E-state index in [2.05, 4.69) is 15.0 Å². The first-order valence-electron chi connectivity index (χ1n) is 9.11. The number of ketones is 1. The number of nitrogens with zero attached hydrogens (tertiary/aromatic N) is 4. The highest BCUT2D eigenvalue weighted by Gasteiger charge is 2.59. The number of ether oxygens (including phenoxy) is 1. The van der Waals surface area contributed by atoms with Gasteiger partial charge in [0.2, 0.25) is 5.60 Å². The molecule has 162 valence electrons. The molecule has 0 unspecified atom stereocenters. The molecule has 0 fully saturated rings. The Morgan fingerprint density at radius 3 is 2.61 bits per heavy atom. The zero-order valence-corrected chi connectivity index (χ0v) is 16.7. The molecule has 3 rings (SSSR count). The molecule has 1 aliphatic heterocycles. The van der Waals surface area contributed by atoms with Crippen LogP contribution in [0.25, 0.3) is 0 Å². The molecule has 0 aromatic carbocycles. The summed E-state index contributed by atoms with van der Waals surface area (Å²) in [6.07, 6.45) is -3.64. The van der Waals surface area contributed by atoms with Crippen LogP contribution >= 0.6 is 0 Å². The van der Waals surface area contributed by atoms with Gasteiger partial charge in [0.25, 0.3) is 0 Å². The minimum absolute atomic E-state index is 0.00150. The molecule has 3 heterocycles. The Labute approximate surface area is 175 Å². The molecule has 4 N–H and O–H groups in total. The van der Waals surface area contributed by atoms with Gasteiger partial charge in [0.1, 0.15) is 23.1 Å². The van der Waals surface area contributed by atoms with Crippen molar-refractivity contribution >= 4 is 17.3 Å². The molecule has 0 saturated heterocycles. The van der Waals surface area contributed by atoms with Gasteiger partial charge >= 0.3 is 6.18 Å². The summed E-state index contributed by atoms with van der Waals surface area (Å²) in [5.74, 6) is -1.13. The van der Waals surface area contributed by atoms with Crippen molar-refractivity contribution < 1.29 is 22.7 Å². The van der Waals surface area contributed by atoms with E-state index in [0.29, 0.717) is 11.4 Å². The summed E-state index contributed by atoms with van der Waals surface area (Å²) in [6, 6.07) is 7.98. The first kappa shape index (κ1) is 22.2. The molecule has 0 saturated carbocycles. The highest BCUT2D eigenvalue weighted by atomic mass is 19.4. The van der Waals surface area contributed by atoms with Crippen molar-refractivity contribution in [2.24, 2.45) is 10.7 Å². The van der Waals surface area contributed by atoms with E-state index >= 15 is 0 Å². The number of nitrogen functional groups attached to an aromatic ring is 1. The van der Waals surface area contributed by atoms with Gasteiger partial charge in [-0.05, 0) is 32.0 Å². The molecule has 1 aliphatic rings. The van der Waals surface area contributed by atoms with Gasteiger partial charge < -0.3 is 16.2 Å². The summed E-state index contributed by atoms with van der Waals surface area (Å²) in [4.78, 5) is 24.9. The van der Waals surface area contributed by atoms with Crippen molar-refractivity contribution in [3.05, 3.63) is 53.1 Å². The highest BCUT2D eigenvalue weighted by Crippen LogP contribution is 2.40. The maximum atomic E-state index is 13.3. The number of alkyl halides is 3. The monoisotopic (exact) mass is 432 g/mol. The first-order valence-corrected chi connectivity index (χ1v) is 9.11. The summed E-state index contributed by atoms with van der Waals surface area (Å²) < 4.78 is 45.0. The third-order valence-electron chi connectivity index (χ3n) is 5.05. The molecule has 0 aliphatic carbocycles. The maximum absolute atomic E-state index is 13.3. The molecule has 8 nitrogen and oxygen atoms in total. The highest BCUT2D eigenvalue weighted by molar-refractivity contribution is 6.00. The number of carbonyl (C=O) groups is 1. The van der Waals surface area contributed by atoms with Gasteiger partial charge in [-0.15, -0.1) is 0 Å². The van der Waals surface area contributed by atoms with Crippen LogP contribution in [0.3, 0.4) is 0 Å². The van der Waals surface area contributed by atoms with Gasteiger partial charge in [-0.1, -0.05) is 6.07 Å². The number of nitriles is 1. The Morgan fingerprint density at radius 1 is 1.32 bits per heavy atom. The lowest BCUT2D eigenvalue weighted by Gasteiger charge is -2.40. The van der Waals surface area contributed by atoms with Crippen LogP contribution in [0.2, 0.25) is 0 Å². The lowest BCUT2D eigenvalue weighted by molar-refractivity contribution is -0.249. The minimum atomic E-state index is -4.72. The molecular formula is C20H19F3N6O2. The summed E-state index contributed by atoms with van der Waals surface area (Å²) >= 11 is 0. The number of amidine groups is 1. The van der Waals surface area contributed by atoms with E-state index in [-0.39, 0.29) is 23.4 Å². The number of hydrogen-bond acceptors (Lipinski definition) is 8. The van der Waals surface area contributed by atoms with Gasteiger partial charge in [0, 0.05) is 11.9 Å². The molecule has 11 heteroatoms. The number of Topliss-reactive ketones (excluding diaryl/α,β-unsaturated/α-hetero) is 1. The standard InChI is InChI=1S/C20H19F3N6O2/c1-18(10-31-19(2,17(26)29-18)20(21,22)23)15-5-3-4-12(28-15)7-14(30)16-13(25)6-11(8-24)9-27-16/h3-6,9H,7,10,25H2,1-2H3,(H2,26,29)/t18-,19+/m0/s1. The minimum Gasteiger partial charge on any atom is -0.397 e. The van der Waals surface area contributed by atoms with Crippen molar-refractivity contribution in [3.63, 3.8) is 0 Å². The van der Waals surface area contributed by atoms with Crippen LogP contribution in [-0.4, -0.2) is 40.0 Å². The quantitative estimate of drug-likeness (QED) is 0.706. The number of rotatable bonds is 4. The van der Waals surface area contributed by atoms with Crippen LogP contribution in [0, 0.1) is 11.3 Å². The molecule has 2 aromatic heterocycles. The number of hydrogen-bond donors (Lipinski definition) is 2. The summed E-state index contributed by atoms with van der Waals surface area (Å²) in [5, 5.41) is 8.87. The van der Waals surface area contributed by atoms with E-state index in [1.54, 1.807) is 25.1 Å². The van der Waals surface area contributed by atoms with Crippen LogP contribution in [-0.2, 0) is 16.7 Å². The van der Waals surface area contributed by atoms with E-state index in [9.17, 15) is 18.0 Å². The molecule has 2 atom stereocenters. The third kappa shape index (κ3) is 4.06. The smallest absolute Gasteiger partial charge is 0.397 e. The lowest BCUT2D eigenvalue weighted by Crippen LogP contribution is -2.60. The van der Waals surface area contributed by atoms with Crippen LogP contribution in [0.1, 0.15) is 41.3 Å². The number of halogens is 3. The number of anilines is 1. The van der Waals surface area contributed by atoms with E-state index < -0.39 is 35.5 Å². The molecule has 0 amide bonds. The fourth-order valence-corrected chi connectivity index (χ4v) is 3.02. The Morgan fingerprint density at radius 2 is 2.03 bits per heavy atom. The number of aromatic nitrogens is 2. The summed E-state index contributed by atoms with van der Waals surface area (Å²) in [5.41, 5.74) is 8.41. The number of aliphatic imine (C=N–C) groups is 1. The van der Waals surface area contributed by atoms with Crippen molar-refractivity contribution in [2.45, 2.75) is 37.6 Å². The average Bonchev–Trinajstić information content (AvgIpc) is 2.70. The lowest BCUT2D eigenvalue weighted by atomic mass is 9.93. The largest absolute Gasteiger partial charge is 0.424 e. The second kappa shape index (κ2) is 7.63. The van der Waals surface area contributed by atoms with E-state index in [1.807, 2.05) is 6.07 Å². The second-order valence-corrected chi connectivity index (χ2v) is 7.48.